The van der Waals surface area contributed by atoms with Gasteiger partial charge in [0, 0.05) is 12.1 Å². The molecule has 0 fully saturated rings. The van der Waals surface area contributed by atoms with E-state index in [0.29, 0.717) is 11.4 Å². The van der Waals surface area contributed by atoms with Gasteiger partial charge in [0.15, 0.2) is 0 Å². The van der Waals surface area contributed by atoms with Crippen LogP contribution in [0.1, 0.15) is 24.1 Å². The molecule has 7 nitrogen and oxygen atoms in total. The molecule has 0 amide bonds. The van der Waals surface area contributed by atoms with Crippen LogP contribution in [0.5, 0.6) is 5.75 Å². The third kappa shape index (κ3) is 4.28. The van der Waals surface area contributed by atoms with E-state index in [0.717, 1.165) is 17.2 Å². The number of sulfonamides is 1. The van der Waals surface area contributed by atoms with Crippen molar-refractivity contribution in [2.24, 2.45) is 0 Å². The molecule has 0 heterocycles. The quantitative estimate of drug-likeness (QED) is 0.397. The number of rotatable bonds is 7. The number of non-ortho nitro benzene ring substituents is 1. The molecule has 3 rings (SSSR count). The number of aryl methyl sites for hydroxylation is 1. The highest BCUT2D eigenvalue weighted by molar-refractivity contribution is 7.92. The lowest BCUT2D eigenvalue weighted by Crippen LogP contribution is -2.33. The molecule has 0 radical (unpaired) electrons. The Morgan fingerprint density at radius 3 is 2.27 bits per heavy atom. The highest BCUT2D eigenvalue weighted by Crippen LogP contribution is 2.35. The normalized spacial score (nSPS) is 12.2. The summed E-state index contributed by atoms with van der Waals surface area (Å²) in [7, 11) is -2.57. The van der Waals surface area contributed by atoms with E-state index in [1.165, 1.54) is 29.6 Å². The van der Waals surface area contributed by atoms with Crippen LogP contribution in [0, 0.1) is 17.0 Å². The van der Waals surface area contributed by atoms with Gasteiger partial charge in [-0.2, -0.15) is 0 Å². The maximum Gasteiger partial charge on any atom is 0.270 e. The molecule has 0 aliphatic carbocycles. The molecular formula is C22H22N2O5S. The first-order chi connectivity index (χ1) is 14.2. The number of nitro groups is 1. The van der Waals surface area contributed by atoms with Crippen LogP contribution in [0.3, 0.4) is 0 Å². The van der Waals surface area contributed by atoms with Gasteiger partial charge in [-0.05, 0) is 49.7 Å². The van der Waals surface area contributed by atoms with Crippen molar-refractivity contribution in [3.63, 3.8) is 0 Å². The van der Waals surface area contributed by atoms with Gasteiger partial charge in [-0.3, -0.25) is 14.4 Å². The van der Waals surface area contributed by atoms with Crippen molar-refractivity contribution in [3.8, 4) is 5.75 Å². The number of methoxy groups -OCH3 is 1. The van der Waals surface area contributed by atoms with E-state index < -0.39 is 21.0 Å². The van der Waals surface area contributed by atoms with Crippen molar-refractivity contribution in [2.45, 2.75) is 24.8 Å². The predicted molar refractivity (Wildman–Crippen MR) is 115 cm³/mol. The number of hydrogen-bond acceptors (Lipinski definition) is 5. The van der Waals surface area contributed by atoms with Crippen molar-refractivity contribution in [1.82, 2.24) is 0 Å². The third-order valence-corrected chi connectivity index (χ3v) is 6.68. The van der Waals surface area contributed by atoms with E-state index in [1.54, 1.807) is 31.2 Å². The molecule has 0 saturated heterocycles. The van der Waals surface area contributed by atoms with Crippen molar-refractivity contribution in [3.05, 3.63) is 94.0 Å². The van der Waals surface area contributed by atoms with Crippen molar-refractivity contribution < 1.29 is 18.1 Å². The summed E-state index contributed by atoms with van der Waals surface area (Å²) in [5, 5.41) is 11.2. The summed E-state index contributed by atoms with van der Waals surface area (Å²) in [5.41, 5.74) is 1.95. The zero-order chi connectivity index (χ0) is 21.9. The highest BCUT2D eigenvalue weighted by atomic mass is 32.2. The number of nitrogens with zero attached hydrogens (tertiary/aromatic N) is 2. The second-order valence-electron chi connectivity index (χ2n) is 6.84. The minimum absolute atomic E-state index is 0.146. The lowest BCUT2D eigenvalue weighted by atomic mass is 10.1. The van der Waals surface area contributed by atoms with Crippen LogP contribution >= 0.6 is 0 Å². The van der Waals surface area contributed by atoms with Crippen LogP contribution in [0.15, 0.2) is 77.7 Å². The summed E-state index contributed by atoms with van der Waals surface area (Å²) >= 11 is 0. The first kappa shape index (κ1) is 21.3. The first-order valence-corrected chi connectivity index (χ1v) is 10.7. The van der Waals surface area contributed by atoms with Crippen LogP contribution < -0.4 is 9.04 Å². The highest BCUT2D eigenvalue weighted by Gasteiger charge is 2.31. The molecule has 3 aromatic carbocycles. The molecule has 8 heteroatoms. The number of hydrogen-bond donors (Lipinski definition) is 0. The Morgan fingerprint density at radius 2 is 1.67 bits per heavy atom. The maximum atomic E-state index is 13.6. The number of nitro benzene ring substituents is 1. The Bertz CT molecular complexity index is 1160. The molecule has 0 N–H and O–H groups in total. The molecule has 0 aromatic heterocycles. The molecule has 156 valence electrons. The second kappa shape index (κ2) is 8.54. The van der Waals surface area contributed by atoms with Gasteiger partial charge in [0.25, 0.3) is 15.7 Å². The summed E-state index contributed by atoms with van der Waals surface area (Å²) in [6.07, 6.45) is 0. The zero-order valence-electron chi connectivity index (χ0n) is 16.8. The van der Waals surface area contributed by atoms with E-state index >= 15 is 0 Å². The Balaban J connectivity index is 2.17. The third-order valence-electron chi connectivity index (χ3n) is 4.79. The van der Waals surface area contributed by atoms with E-state index in [1.807, 2.05) is 31.2 Å². The largest absolute Gasteiger partial charge is 0.497 e. The SMILES string of the molecule is COc1ccc(N([C@H](C)c2cccc(C)c2)S(=O)(=O)c2cccc([N+](=O)[O-])c2)cc1. The lowest BCUT2D eigenvalue weighted by Gasteiger charge is -2.31. The van der Waals surface area contributed by atoms with Crippen molar-refractivity contribution in [2.75, 3.05) is 11.4 Å². The van der Waals surface area contributed by atoms with E-state index in [-0.39, 0.29) is 10.6 Å². The summed E-state index contributed by atoms with van der Waals surface area (Å²) in [4.78, 5) is 10.4. The number of ether oxygens (including phenoxy) is 1. The van der Waals surface area contributed by atoms with Gasteiger partial charge in [0.2, 0.25) is 0 Å². The summed E-state index contributed by atoms with van der Waals surface area (Å²) in [6, 6.07) is 18.8. The average Bonchev–Trinajstić information content (AvgIpc) is 2.74. The Labute approximate surface area is 175 Å². The lowest BCUT2D eigenvalue weighted by molar-refractivity contribution is -0.385. The van der Waals surface area contributed by atoms with Gasteiger partial charge < -0.3 is 4.74 Å². The van der Waals surface area contributed by atoms with E-state index in [9.17, 15) is 18.5 Å². The van der Waals surface area contributed by atoms with Crippen LogP contribution in [0.25, 0.3) is 0 Å². The molecule has 0 bridgehead atoms. The summed E-state index contributed by atoms with van der Waals surface area (Å²) in [6.45, 7) is 3.72. The Morgan fingerprint density at radius 1 is 1.00 bits per heavy atom. The molecule has 1 atom stereocenters. The number of anilines is 1. The van der Waals surface area contributed by atoms with Crippen LogP contribution in [-0.4, -0.2) is 20.5 Å². The second-order valence-corrected chi connectivity index (χ2v) is 8.66. The van der Waals surface area contributed by atoms with Crippen LogP contribution in [0.2, 0.25) is 0 Å². The van der Waals surface area contributed by atoms with Gasteiger partial charge in [-0.25, -0.2) is 8.42 Å². The summed E-state index contributed by atoms with van der Waals surface area (Å²) < 4.78 is 33.7. The van der Waals surface area contributed by atoms with Crippen molar-refractivity contribution >= 4 is 21.4 Å². The standard InChI is InChI=1S/C22H22N2O5S/c1-16-6-4-7-18(14-16)17(2)23(19-10-12-21(29-3)13-11-19)30(27,28)22-9-5-8-20(15-22)24(25)26/h4-15,17H,1-3H3/t17-/m1/s1. The smallest absolute Gasteiger partial charge is 0.270 e. The van der Waals surface area contributed by atoms with Gasteiger partial charge in [-0.15, -0.1) is 0 Å². The minimum atomic E-state index is -4.10. The fourth-order valence-electron chi connectivity index (χ4n) is 3.24. The fraction of sp³-hybridized carbons (Fsp3) is 0.182. The number of benzene rings is 3. The van der Waals surface area contributed by atoms with Crippen molar-refractivity contribution in [1.29, 1.82) is 0 Å². The maximum absolute atomic E-state index is 13.6. The minimum Gasteiger partial charge on any atom is -0.497 e. The van der Waals surface area contributed by atoms with Crippen LogP contribution in [0.4, 0.5) is 11.4 Å². The zero-order valence-corrected chi connectivity index (χ0v) is 17.7. The monoisotopic (exact) mass is 426 g/mol. The first-order valence-electron chi connectivity index (χ1n) is 9.23. The molecule has 0 spiro atoms. The molecule has 0 unspecified atom stereocenters. The fourth-order valence-corrected chi connectivity index (χ4v) is 4.92. The molecular weight excluding hydrogens is 404 g/mol. The molecule has 0 saturated carbocycles. The van der Waals surface area contributed by atoms with Gasteiger partial charge in [0.1, 0.15) is 5.75 Å². The molecule has 0 aliphatic rings. The Hall–Kier alpha value is -3.39. The predicted octanol–water partition coefficient (Wildman–Crippen LogP) is 4.87. The molecule has 0 aliphatic heterocycles. The summed E-state index contributed by atoms with van der Waals surface area (Å²) in [5.74, 6) is 0.592. The molecule has 30 heavy (non-hydrogen) atoms. The molecule has 3 aromatic rings. The van der Waals surface area contributed by atoms with Crippen LogP contribution in [-0.2, 0) is 10.0 Å². The topological polar surface area (TPSA) is 89.8 Å². The Kier molecular flexibility index (Phi) is 6.07. The average molecular weight is 426 g/mol. The van der Waals surface area contributed by atoms with Gasteiger partial charge in [0.05, 0.1) is 28.7 Å². The van der Waals surface area contributed by atoms with E-state index in [2.05, 4.69) is 0 Å². The van der Waals surface area contributed by atoms with E-state index in [4.69, 9.17) is 4.74 Å². The van der Waals surface area contributed by atoms with Gasteiger partial charge in [-0.1, -0.05) is 35.9 Å². The van der Waals surface area contributed by atoms with Gasteiger partial charge >= 0.3 is 0 Å².